The van der Waals surface area contributed by atoms with E-state index in [2.05, 4.69) is 16.5 Å². The Morgan fingerprint density at radius 1 is 1.23 bits per heavy atom. The van der Waals surface area contributed by atoms with E-state index in [-0.39, 0.29) is 12.0 Å². The zero-order chi connectivity index (χ0) is 17.8. The van der Waals surface area contributed by atoms with E-state index in [1.807, 2.05) is 4.68 Å². The predicted molar refractivity (Wildman–Crippen MR) is 94.7 cm³/mol. The van der Waals surface area contributed by atoms with Gasteiger partial charge in [-0.3, -0.25) is 14.5 Å². The van der Waals surface area contributed by atoms with Crippen LogP contribution in [-0.4, -0.2) is 47.0 Å². The topological polar surface area (TPSA) is 78.3 Å². The number of pyridine rings is 1. The monoisotopic (exact) mass is 356 g/mol. The molecule has 2 aliphatic rings. The SMILES string of the molecule is O=C(NC[C@@H]1OCCc2cn(CC3CCOCC3)nc21)c1ccncc1. The van der Waals surface area contributed by atoms with E-state index in [1.165, 1.54) is 5.56 Å². The summed E-state index contributed by atoms with van der Waals surface area (Å²) in [6, 6.07) is 3.40. The smallest absolute Gasteiger partial charge is 0.251 e. The van der Waals surface area contributed by atoms with Crippen molar-refractivity contribution in [3.05, 3.63) is 47.5 Å². The van der Waals surface area contributed by atoms with Gasteiger partial charge in [0.05, 0.1) is 12.3 Å². The van der Waals surface area contributed by atoms with Crippen LogP contribution in [0.5, 0.6) is 0 Å². The van der Waals surface area contributed by atoms with Crippen LogP contribution in [-0.2, 0) is 22.4 Å². The molecule has 1 amide bonds. The number of aromatic nitrogens is 3. The first kappa shape index (κ1) is 17.2. The van der Waals surface area contributed by atoms with E-state index in [0.717, 1.165) is 44.7 Å². The van der Waals surface area contributed by atoms with E-state index < -0.39 is 0 Å². The molecule has 138 valence electrons. The maximum Gasteiger partial charge on any atom is 0.251 e. The van der Waals surface area contributed by atoms with Gasteiger partial charge in [-0.15, -0.1) is 0 Å². The molecule has 0 aliphatic carbocycles. The molecule has 4 heterocycles. The van der Waals surface area contributed by atoms with E-state index in [9.17, 15) is 4.79 Å². The molecule has 0 bridgehead atoms. The van der Waals surface area contributed by atoms with Crippen LogP contribution in [0.15, 0.2) is 30.7 Å². The van der Waals surface area contributed by atoms with Gasteiger partial charge in [-0.1, -0.05) is 0 Å². The lowest BCUT2D eigenvalue weighted by Gasteiger charge is -2.22. The largest absolute Gasteiger partial charge is 0.381 e. The third-order valence-electron chi connectivity index (χ3n) is 5.04. The lowest BCUT2D eigenvalue weighted by Crippen LogP contribution is -2.32. The molecule has 2 aromatic heterocycles. The molecule has 0 spiro atoms. The van der Waals surface area contributed by atoms with Crippen LogP contribution >= 0.6 is 0 Å². The second-order valence-electron chi connectivity index (χ2n) is 6.87. The summed E-state index contributed by atoms with van der Waals surface area (Å²) in [4.78, 5) is 16.2. The summed E-state index contributed by atoms with van der Waals surface area (Å²) >= 11 is 0. The van der Waals surface area contributed by atoms with Gasteiger partial charge in [0.25, 0.3) is 5.91 Å². The zero-order valence-electron chi connectivity index (χ0n) is 14.8. The van der Waals surface area contributed by atoms with Crippen molar-refractivity contribution in [2.45, 2.75) is 31.9 Å². The molecule has 2 aliphatic heterocycles. The van der Waals surface area contributed by atoms with Crippen LogP contribution in [0.2, 0.25) is 0 Å². The molecule has 4 rings (SSSR count). The Hall–Kier alpha value is -2.25. The van der Waals surface area contributed by atoms with Crippen LogP contribution in [0, 0.1) is 5.92 Å². The molecule has 26 heavy (non-hydrogen) atoms. The second kappa shape index (κ2) is 7.97. The molecule has 0 radical (unpaired) electrons. The number of fused-ring (bicyclic) bond motifs is 1. The van der Waals surface area contributed by atoms with Crippen LogP contribution in [0.3, 0.4) is 0 Å². The maximum absolute atomic E-state index is 12.2. The molecule has 7 heteroatoms. The number of carbonyl (C=O) groups excluding carboxylic acids is 1. The van der Waals surface area contributed by atoms with Crippen LogP contribution in [0.25, 0.3) is 0 Å². The predicted octanol–water partition coefficient (Wildman–Crippen LogP) is 1.75. The van der Waals surface area contributed by atoms with Crippen molar-refractivity contribution in [1.82, 2.24) is 20.1 Å². The Labute approximate surface area is 152 Å². The number of nitrogens with one attached hydrogen (secondary N) is 1. The fourth-order valence-electron chi connectivity index (χ4n) is 3.56. The summed E-state index contributed by atoms with van der Waals surface area (Å²) in [6.07, 6.45) is 8.23. The first-order valence-electron chi connectivity index (χ1n) is 9.23. The van der Waals surface area contributed by atoms with Crippen molar-refractivity contribution >= 4 is 5.91 Å². The lowest BCUT2D eigenvalue weighted by atomic mass is 10.0. The number of nitrogens with zero attached hydrogens (tertiary/aromatic N) is 3. The van der Waals surface area contributed by atoms with Crippen molar-refractivity contribution in [1.29, 1.82) is 0 Å². The Bertz CT molecular complexity index is 740. The summed E-state index contributed by atoms with van der Waals surface area (Å²) in [7, 11) is 0. The fourth-order valence-corrected chi connectivity index (χ4v) is 3.56. The van der Waals surface area contributed by atoms with Gasteiger partial charge >= 0.3 is 0 Å². The molecule has 1 N–H and O–H groups in total. The van der Waals surface area contributed by atoms with Crippen LogP contribution < -0.4 is 5.32 Å². The summed E-state index contributed by atoms with van der Waals surface area (Å²) in [5, 5.41) is 7.71. The van der Waals surface area contributed by atoms with Crippen LogP contribution in [0.4, 0.5) is 0 Å². The third-order valence-corrected chi connectivity index (χ3v) is 5.04. The normalized spacial score (nSPS) is 20.5. The molecule has 7 nitrogen and oxygen atoms in total. The van der Waals surface area contributed by atoms with Gasteiger partial charge in [-0.2, -0.15) is 5.10 Å². The molecule has 1 fully saturated rings. The Morgan fingerprint density at radius 2 is 2.04 bits per heavy atom. The molecule has 1 atom stereocenters. The lowest BCUT2D eigenvalue weighted by molar-refractivity contribution is 0.0379. The molecule has 2 aromatic rings. The minimum Gasteiger partial charge on any atom is -0.381 e. The molecular formula is C19H24N4O3. The van der Waals surface area contributed by atoms with Gasteiger partial charge in [0.1, 0.15) is 6.10 Å². The number of carbonyl (C=O) groups is 1. The Morgan fingerprint density at radius 3 is 2.85 bits per heavy atom. The molecule has 1 saturated heterocycles. The number of hydrogen-bond acceptors (Lipinski definition) is 5. The number of amides is 1. The van der Waals surface area contributed by atoms with Crippen molar-refractivity contribution in [2.24, 2.45) is 5.92 Å². The summed E-state index contributed by atoms with van der Waals surface area (Å²) in [6.45, 7) is 3.69. The maximum atomic E-state index is 12.2. The van der Waals surface area contributed by atoms with E-state index in [0.29, 0.717) is 24.6 Å². The number of rotatable bonds is 5. The van der Waals surface area contributed by atoms with E-state index in [1.54, 1.807) is 24.5 Å². The average Bonchev–Trinajstić information content (AvgIpc) is 3.10. The van der Waals surface area contributed by atoms with Crippen molar-refractivity contribution in [3.63, 3.8) is 0 Å². The highest BCUT2D eigenvalue weighted by atomic mass is 16.5. The standard InChI is InChI=1S/C19H24N4O3/c24-19(15-1-6-20-7-2-15)21-11-17-18-16(5-10-26-17)13-23(22-18)12-14-3-8-25-9-4-14/h1-2,6-7,13-14,17H,3-5,8-12H2,(H,21,24)/t17-/m0/s1. The van der Waals surface area contributed by atoms with E-state index in [4.69, 9.17) is 14.6 Å². The average molecular weight is 356 g/mol. The van der Waals surface area contributed by atoms with Gasteiger partial charge < -0.3 is 14.8 Å². The zero-order valence-corrected chi connectivity index (χ0v) is 14.8. The Balaban J connectivity index is 1.39. The molecule has 0 unspecified atom stereocenters. The highest BCUT2D eigenvalue weighted by Crippen LogP contribution is 2.26. The first-order chi connectivity index (χ1) is 12.8. The Kier molecular flexibility index (Phi) is 5.26. The quantitative estimate of drug-likeness (QED) is 0.883. The highest BCUT2D eigenvalue weighted by Gasteiger charge is 2.26. The molecular weight excluding hydrogens is 332 g/mol. The second-order valence-corrected chi connectivity index (χ2v) is 6.87. The summed E-state index contributed by atoms with van der Waals surface area (Å²) in [5.74, 6) is 0.501. The van der Waals surface area contributed by atoms with Gasteiger partial charge in [0.15, 0.2) is 0 Å². The van der Waals surface area contributed by atoms with Crippen molar-refractivity contribution < 1.29 is 14.3 Å². The minimum absolute atomic E-state index is 0.121. The van der Waals surface area contributed by atoms with Crippen molar-refractivity contribution in [3.8, 4) is 0 Å². The first-order valence-corrected chi connectivity index (χ1v) is 9.23. The van der Waals surface area contributed by atoms with Gasteiger partial charge in [-0.25, -0.2) is 0 Å². The number of ether oxygens (including phenoxy) is 2. The summed E-state index contributed by atoms with van der Waals surface area (Å²) < 4.78 is 13.4. The van der Waals surface area contributed by atoms with Crippen LogP contribution in [0.1, 0.15) is 40.6 Å². The number of hydrogen-bond donors (Lipinski definition) is 1. The molecule has 0 saturated carbocycles. The highest BCUT2D eigenvalue weighted by molar-refractivity contribution is 5.93. The van der Waals surface area contributed by atoms with Gasteiger partial charge in [0.2, 0.25) is 0 Å². The third kappa shape index (κ3) is 3.94. The van der Waals surface area contributed by atoms with E-state index >= 15 is 0 Å². The molecule has 0 aromatic carbocycles. The fraction of sp³-hybridized carbons (Fsp3) is 0.526. The minimum atomic E-state index is -0.194. The summed E-state index contributed by atoms with van der Waals surface area (Å²) in [5.41, 5.74) is 2.78. The van der Waals surface area contributed by atoms with Gasteiger partial charge in [0, 0.05) is 50.5 Å². The van der Waals surface area contributed by atoms with Gasteiger partial charge in [-0.05, 0) is 42.9 Å². The van der Waals surface area contributed by atoms with Crippen molar-refractivity contribution in [2.75, 3.05) is 26.4 Å².